The van der Waals surface area contributed by atoms with Gasteiger partial charge < -0.3 is 14.8 Å². The number of hydrogen-bond donors (Lipinski definition) is 2. The highest BCUT2D eigenvalue weighted by atomic mass is 79.9. The van der Waals surface area contributed by atoms with Crippen LogP contribution in [-0.2, 0) is 9.53 Å². The van der Waals surface area contributed by atoms with E-state index in [0.717, 1.165) is 57.2 Å². The first-order valence-electron chi connectivity index (χ1n) is 10.3. The number of nitrogens with one attached hydrogen (secondary N) is 2. The van der Waals surface area contributed by atoms with E-state index < -0.39 is 0 Å². The molecule has 2 N–H and O–H groups in total. The smallest absolute Gasteiger partial charge is 0.226 e. The number of halogens is 2. The summed E-state index contributed by atoms with van der Waals surface area (Å²) >= 11 is 12.9. The van der Waals surface area contributed by atoms with Crippen LogP contribution >= 0.6 is 50.8 Å². The van der Waals surface area contributed by atoms with Gasteiger partial charge in [0.15, 0.2) is 5.13 Å². The lowest BCUT2D eigenvalue weighted by Crippen LogP contribution is -2.22. The van der Waals surface area contributed by atoms with Gasteiger partial charge in [-0.3, -0.25) is 4.79 Å². The monoisotopic (exact) mass is 551 g/mol. The Morgan fingerprint density at radius 1 is 1.28 bits per heavy atom. The molecule has 1 aliphatic heterocycles. The summed E-state index contributed by atoms with van der Waals surface area (Å²) in [6.45, 7) is 3.46. The van der Waals surface area contributed by atoms with E-state index in [9.17, 15) is 4.79 Å². The second-order valence-corrected chi connectivity index (χ2v) is 10.7. The van der Waals surface area contributed by atoms with E-state index in [1.54, 1.807) is 0 Å². The summed E-state index contributed by atoms with van der Waals surface area (Å²) in [5.41, 5.74) is 2.81. The Kier molecular flexibility index (Phi) is 8.12. The standard InChI is InChI=1S/C23H23BrClN3O2S2/c1-14-22(31-23(26-14)27-21(29)12-15-8-10-30-11-9-15)16-6-7-17(24)20(13-16)32-28-19-5-3-2-4-18(19)25/h2-7,13,15,28H,8-12H2,1H3,(H,26,27,29). The van der Waals surface area contributed by atoms with Crippen molar-refractivity contribution >= 4 is 67.5 Å². The molecule has 2 aromatic carbocycles. The number of thiazole rings is 1. The van der Waals surface area contributed by atoms with Crippen molar-refractivity contribution in [3.8, 4) is 10.4 Å². The molecule has 0 bridgehead atoms. The fourth-order valence-corrected chi connectivity index (χ4v) is 5.93. The van der Waals surface area contributed by atoms with Gasteiger partial charge in [-0.1, -0.05) is 41.1 Å². The summed E-state index contributed by atoms with van der Waals surface area (Å²) in [6, 6.07) is 13.8. The van der Waals surface area contributed by atoms with Gasteiger partial charge >= 0.3 is 0 Å². The predicted octanol–water partition coefficient (Wildman–Crippen LogP) is 7.41. The highest BCUT2D eigenvalue weighted by molar-refractivity contribution is 9.10. The minimum absolute atomic E-state index is 0.0215. The third kappa shape index (κ3) is 6.05. The molecular weight excluding hydrogens is 530 g/mol. The molecule has 0 atom stereocenters. The first kappa shape index (κ1) is 23.6. The fraction of sp³-hybridized carbons (Fsp3) is 0.304. The number of amides is 1. The van der Waals surface area contributed by atoms with Gasteiger partial charge in [-0.2, -0.15) is 0 Å². The van der Waals surface area contributed by atoms with E-state index in [0.29, 0.717) is 22.5 Å². The van der Waals surface area contributed by atoms with Crippen LogP contribution in [0.5, 0.6) is 0 Å². The van der Waals surface area contributed by atoms with E-state index in [4.69, 9.17) is 16.3 Å². The van der Waals surface area contributed by atoms with Crippen molar-refractivity contribution in [1.82, 2.24) is 4.98 Å². The Morgan fingerprint density at radius 2 is 2.06 bits per heavy atom. The van der Waals surface area contributed by atoms with Crippen molar-refractivity contribution in [3.05, 3.63) is 57.7 Å². The van der Waals surface area contributed by atoms with Crippen LogP contribution in [0.15, 0.2) is 51.8 Å². The summed E-state index contributed by atoms with van der Waals surface area (Å²) in [7, 11) is 0. The first-order chi connectivity index (χ1) is 15.5. The second-order valence-electron chi connectivity index (χ2n) is 7.57. The van der Waals surface area contributed by atoms with E-state index >= 15 is 0 Å². The minimum atomic E-state index is 0.0215. The SMILES string of the molecule is Cc1nc(NC(=O)CC2CCOCC2)sc1-c1ccc(Br)c(SNc2ccccc2Cl)c1. The molecule has 3 aromatic rings. The number of ether oxygens (including phenoxy) is 1. The number of anilines is 2. The van der Waals surface area contributed by atoms with Gasteiger partial charge in [-0.15, -0.1) is 0 Å². The number of carbonyl (C=O) groups is 1. The number of carbonyl (C=O) groups excluding carboxylic acids is 1. The number of benzene rings is 2. The maximum absolute atomic E-state index is 12.5. The molecule has 32 heavy (non-hydrogen) atoms. The third-order valence-corrected chi connectivity index (χ3v) is 8.48. The second kappa shape index (κ2) is 11.0. The van der Waals surface area contributed by atoms with E-state index in [1.165, 1.54) is 23.3 Å². The summed E-state index contributed by atoms with van der Waals surface area (Å²) in [6.07, 6.45) is 2.40. The molecule has 0 aliphatic carbocycles. The van der Waals surface area contributed by atoms with Gasteiger partial charge in [0.25, 0.3) is 0 Å². The van der Waals surface area contributed by atoms with Gasteiger partial charge in [0, 0.05) is 29.0 Å². The molecule has 4 rings (SSSR count). The average Bonchev–Trinajstić information content (AvgIpc) is 3.14. The Bertz CT molecular complexity index is 1100. The molecule has 9 heteroatoms. The Balaban J connectivity index is 1.45. The number of para-hydroxylation sites is 1. The minimum Gasteiger partial charge on any atom is -0.381 e. The molecule has 0 saturated carbocycles. The van der Waals surface area contributed by atoms with Crippen LogP contribution in [0.3, 0.4) is 0 Å². The van der Waals surface area contributed by atoms with Gasteiger partial charge in [-0.05, 0) is 83.4 Å². The van der Waals surface area contributed by atoms with Gasteiger partial charge in [0.05, 0.1) is 21.3 Å². The molecule has 1 saturated heterocycles. The molecule has 0 unspecified atom stereocenters. The van der Waals surface area contributed by atoms with Crippen molar-refractivity contribution in [2.75, 3.05) is 23.3 Å². The zero-order valence-corrected chi connectivity index (χ0v) is 21.5. The van der Waals surface area contributed by atoms with E-state index in [-0.39, 0.29) is 5.91 Å². The topological polar surface area (TPSA) is 63.2 Å². The van der Waals surface area contributed by atoms with Crippen molar-refractivity contribution in [1.29, 1.82) is 0 Å². The highest BCUT2D eigenvalue weighted by Crippen LogP contribution is 2.38. The molecular formula is C23H23BrClN3O2S2. The number of rotatable bonds is 7. The molecule has 0 spiro atoms. The Hall–Kier alpha value is -1.58. The number of aromatic nitrogens is 1. The lowest BCUT2D eigenvalue weighted by atomic mass is 9.96. The molecule has 5 nitrogen and oxygen atoms in total. The number of aryl methyl sites for hydroxylation is 1. The zero-order chi connectivity index (χ0) is 22.5. The number of nitrogens with zero attached hydrogens (tertiary/aromatic N) is 1. The lowest BCUT2D eigenvalue weighted by Gasteiger charge is -2.20. The first-order valence-corrected chi connectivity index (χ1v) is 13.1. The van der Waals surface area contributed by atoms with E-state index in [2.05, 4.69) is 43.1 Å². The maximum atomic E-state index is 12.5. The molecule has 1 aliphatic rings. The largest absolute Gasteiger partial charge is 0.381 e. The molecule has 1 fully saturated rings. The molecule has 2 heterocycles. The zero-order valence-electron chi connectivity index (χ0n) is 17.5. The fourth-order valence-electron chi connectivity index (χ4n) is 3.48. The van der Waals surface area contributed by atoms with Crippen LogP contribution in [0.1, 0.15) is 25.0 Å². The van der Waals surface area contributed by atoms with Crippen molar-refractivity contribution in [2.24, 2.45) is 5.92 Å². The maximum Gasteiger partial charge on any atom is 0.226 e. The van der Waals surface area contributed by atoms with Crippen molar-refractivity contribution in [3.63, 3.8) is 0 Å². The molecule has 168 valence electrons. The summed E-state index contributed by atoms with van der Waals surface area (Å²) in [5, 5.41) is 4.30. The van der Waals surface area contributed by atoms with Crippen LogP contribution in [-0.4, -0.2) is 24.1 Å². The lowest BCUT2D eigenvalue weighted by molar-refractivity contribution is -0.117. The molecule has 1 amide bonds. The summed E-state index contributed by atoms with van der Waals surface area (Å²) in [5.74, 6) is 0.411. The van der Waals surface area contributed by atoms with Crippen LogP contribution in [0.4, 0.5) is 10.8 Å². The Morgan fingerprint density at radius 3 is 2.84 bits per heavy atom. The molecule has 0 radical (unpaired) electrons. The van der Waals surface area contributed by atoms with Crippen molar-refractivity contribution < 1.29 is 9.53 Å². The predicted molar refractivity (Wildman–Crippen MR) is 138 cm³/mol. The van der Waals surface area contributed by atoms with Crippen LogP contribution in [0, 0.1) is 12.8 Å². The Labute approximate surface area is 209 Å². The number of hydrogen-bond acceptors (Lipinski definition) is 6. The average molecular weight is 553 g/mol. The third-order valence-electron chi connectivity index (χ3n) is 5.20. The summed E-state index contributed by atoms with van der Waals surface area (Å²) in [4.78, 5) is 19.1. The van der Waals surface area contributed by atoms with Crippen LogP contribution in [0.25, 0.3) is 10.4 Å². The van der Waals surface area contributed by atoms with Gasteiger partial charge in [0.2, 0.25) is 5.91 Å². The summed E-state index contributed by atoms with van der Waals surface area (Å²) < 4.78 is 9.67. The highest BCUT2D eigenvalue weighted by Gasteiger charge is 2.19. The normalized spacial score (nSPS) is 14.3. The van der Waals surface area contributed by atoms with Crippen LogP contribution in [0.2, 0.25) is 5.02 Å². The molecule has 1 aromatic heterocycles. The van der Waals surface area contributed by atoms with Crippen LogP contribution < -0.4 is 10.0 Å². The van der Waals surface area contributed by atoms with Gasteiger partial charge in [0.1, 0.15) is 0 Å². The van der Waals surface area contributed by atoms with Crippen molar-refractivity contribution in [2.45, 2.75) is 31.1 Å². The van der Waals surface area contributed by atoms with E-state index in [1.807, 2.05) is 37.3 Å². The van der Waals surface area contributed by atoms with Gasteiger partial charge in [-0.25, -0.2) is 4.98 Å². The quantitative estimate of drug-likeness (QED) is 0.299.